The number of aliphatic hydroxyl groups excluding tert-OH is 1. The minimum atomic E-state index is -1.07. The molecule has 1 spiro atoms. The molecule has 2 aromatic rings. The molecule has 0 radical (unpaired) electrons. The zero-order chi connectivity index (χ0) is 25.3. The second kappa shape index (κ2) is 10.2. The summed E-state index contributed by atoms with van der Waals surface area (Å²) in [6, 6.07) is 15.6. The fourth-order valence-corrected chi connectivity index (χ4v) is 6.24. The lowest BCUT2D eigenvalue weighted by Gasteiger charge is -2.33. The van der Waals surface area contributed by atoms with E-state index in [0.29, 0.717) is 49.5 Å². The number of halogens is 1. The topological polar surface area (TPSA) is 108 Å². The third-order valence-electron chi connectivity index (χ3n) is 7.60. The van der Waals surface area contributed by atoms with Gasteiger partial charge >= 0.3 is 0 Å². The Bertz CT molecular complexity index is 1150. The number of para-hydroxylation sites is 1. The maximum Gasteiger partial charge on any atom is 0.250 e. The van der Waals surface area contributed by atoms with Crippen molar-refractivity contribution in [2.24, 2.45) is 11.8 Å². The highest BCUT2D eigenvalue weighted by Gasteiger charge is 2.74. The average molecular weight is 512 g/mol. The Morgan fingerprint density at radius 1 is 1.08 bits per heavy atom. The standard InChI is InChI=1S/C27H30ClN3O5/c28-18-10-4-5-11-19(18)30-25(34)23-27-13-12-20(36-27)21(22(27)26(35)31(23)14-6-7-15-32)24(33)29-16-17-8-2-1-3-9-17/h1-5,8-11,20-23,32H,6-7,12-16H2,(H,29,33)(H,30,34)/t20-,21+,22+,23?,27?/m1/s1. The Kier molecular flexibility index (Phi) is 7.01. The Morgan fingerprint density at radius 3 is 2.58 bits per heavy atom. The van der Waals surface area contributed by atoms with Crippen LogP contribution in [0, 0.1) is 11.8 Å². The summed E-state index contributed by atoms with van der Waals surface area (Å²) in [5.41, 5.74) is 0.350. The molecule has 190 valence electrons. The molecule has 2 unspecified atom stereocenters. The number of carbonyl (C=O) groups is 3. The average Bonchev–Trinajstić information content (AvgIpc) is 3.52. The van der Waals surface area contributed by atoms with Crippen LogP contribution in [0.5, 0.6) is 0 Å². The van der Waals surface area contributed by atoms with Gasteiger partial charge in [-0.2, -0.15) is 0 Å². The minimum absolute atomic E-state index is 0.00379. The van der Waals surface area contributed by atoms with Gasteiger partial charge in [-0.3, -0.25) is 14.4 Å². The lowest BCUT2D eigenvalue weighted by molar-refractivity contribution is -0.141. The van der Waals surface area contributed by atoms with Gasteiger partial charge < -0.3 is 25.4 Å². The van der Waals surface area contributed by atoms with E-state index in [0.717, 1.165) is 5.56 Å². The van der Waals surface area contributed by atoms with Crippen molar-refractivity contribution in [2.75, 3.05) is 18.5 Å². The number of fused-ring (bicyclic) bond motifs is 1. The largest absolute Gasteiger partial charge is 0.396 e. The normalized spacial score (nSPS) is 28.3. The van der Waals surface area contributed by atoms with Gasteiger partial charge in [-0.05, 0) is 43.4 Å². The van der Waals surface area contributed by atoms with Crippen LogP contribution in [0.4, 0.5) is 5.69 Å². The highest BCUT2D eigenvalue weighted by atomic mass is 35.5. The predicted octanol–water partition coefficient (Wildman–Crippen LogP) is 2.74. The highest BCUT2D eigenvalue weighted by Crippen LogP contribution is 2.58. The molecule has 5 rings (SSSR count). The van der Waals surface area contributed by atoms with E-state index >= 15 is 0 Å². The van der Waals surface area contributed by atoms with Crippen molar-refractivity contribution in [3.8, 4) is 0 Å². The number of nitrogens with zero attached hydrogens (tertiary/aromatic N) is 1. The van der Waals surface area contributed by atoms with Crippen molar-refractivity contribution >= 4 is 35.0 Å². The molecule has 3 aliphatic heterocycles. The van der Waals surface area contributed by atoms with Gasteiger partial charge in [0.2, 0.25) is 17.7 Å². The molecule has 36 heavy (non-hydrogen) atoms. The van der Waals surface area contributed by atoms with E-state index in [1.165, 1.54) is 0 Å². The summed E-state index contributed by atoms with van der Waals surface area (Å²) in [6.45, 7) is 0.647. The van der Waals surface area contributed by atoms with Crippen LogP contribution in [0.2, 0.25) is 5.02 Å². The second-order valence-corrected chi connectivity index (χ2v) is 10.1. The summed E-state index contributed by atoms with van der Waals surface area (Å²) >= 11 is 6.27. The van der Waals surface area contributed by atoms with Gasteiger partial charge in [0.15, 0.2) is 0 Å². The van der Waals surface area contributed by atoms with Crippen LogP contribution >= 0.6 is 11.6 Å². The summed E-state index contributed by atoms with van der Waals surface area (Å²) in [7, 11) is 0. The summed E-state index contributed by atoms with van der Waals surface area (Å²) < 4.78 is 6.41. The summed E-state index contributed by atoms with van der Waals surface area (Å²) in [5.74, 6) is -2.24. The predicted molar refractivity (Wildman–Crippen MR) is 134 cm³/mol. The Morgan fingerprint density at radius 2 is 1.83 bits per heavy atom. The molecule has 3 amide bonds. The van der Waals surface area contributed by atoms with Crippen molar-refractivity contribution in [1.82, 2.24) is 10.2 Å². The van der Waals surface area contributed by atoms with Gasteiger partial charge in [0.05, 0.1) is 28.6 Å². The Labute approximate surface area is 215 Å². The van der Waals surface area contributed by atoms with Crippen LogP contribution in [0.15, 0.2) is 54.6 Å². The molecule has 8 nitrogen and oxygen atoms in total. The number of benzene rings is 2. The van der Waals surface area contributed by atoms with E-state index in [-0.39, 0.29) is 24.3 Å². The number of unbranched alkanes of at least 4 members (excludes halogenated alkanes) is 1. The summed E-state index contributed by atoms with van der Waals surface area (Å²) in [4.78, 5) is 42.4. The van der Waals surface area contributed by atoms with Gasteiger partial charge in [-0.1, -0.05) is 54.1 Å². The zero-order valence-corrected chi connectivity index (χ0v) is 20.6. The molecule has 0 saturated carbocycles. The van der Waals surface area contributed by atoms with Crippen molar-refractivity contribution in [3.63, 3.8) is 0 Å². The molecule has 5 atom stereocenters. The van der Waals surface area contributed by atoms with E-state index in [1.807, 2.05) is 30.3 Å². The molecule has 0 aliphatic carbocycles. The molecule has 0 aromatic heterocycles. The number of likely N-dealkylation sites (tertiary alicyclic amines) is 1. The minimum Gasteiger partial charge on any atom is -0.396 e. The third-order valence-corrected chi connectivity index (χ3v) is 7.93. The SMILES string of the molecule is O=C(Nc1ccccc1Cl)C1N(CCCCO)C(=O)[C@@H]2[C@@H](C(=O)NCc3ccccc3)[C@H]3CCC12O3. The van der Waals surface area contributed by atoms with Gasteiger partial charge in [0, 0.05) is 19.7 Å². The molecule has 3 fully saturated rings. The summed E-state index contributed by atoms with van der Waals surface area (Å²) in [5, 5.41) is 15.5. The molecular weight excluding hydrogens is 482 g/mol. The summed E-state index contributed by atoms with van der Waals surface area (Å²) in [6.07, 6.45) is 1.76. The number of amides is 3. The maximum absolute atomic E-state index is 13.8. The van der Waals surface area contributed by atoms with Crippen molar-refractivity contribution in [1.29, 1.82) is 0 Å². The van der Waals surface area contributed by atoms with Crippen LogP contribution in [0.3, 0.4) is 0 Å². The fraction of sp³-hybridized carbons (Fsp3) is 0.444. The molecule has 3 saturated heterocycles. The van der Waals surface area contributed by atoms with Gasteiger partial charge in [-0.25, -0.2) is 0 Å². The molecule has 9 heteroatoms. The maximum atomic E-state index is 13.8. The van der Waals surface area contributed by atoms with E-state index in [2.05, 4.69) is 10.6 Å². The van der Waals surface area contributed by atoms with E-state index in [1.54, 1.807) is 29.2 Å². The van der Waals surface area contributed by atoms with Crippen LogP contribution in [-0.2, 0) is 25.7 Å². The first-order valence-corrected chi connectivity index (χ1v) is 12.8. The Balaban J connectivity index is 1.41. The number of hydrogen-bond donors (Lipinski definition) is 3. The number of hydrogen-bond acceptors (Lipinski definition) is 5. The number of anilines is 1. The van der Waals surface area contributed by atoms with Crippen LogP contribution in [-0.4, -0.2) is 58.6 Å². The quantitative estimate of drug-likeness (QED) is 0.449. The molecule has 3 N–H and O–H groups in total. The zero-order valence-electron chi connectivity index (χ0n) is 19.9. The van der Waals surface area contributed by atoms with Crippen LogP contribution in [0.25, 0.3) is 0 Å². The van der Waals surface area contributed by atoms with Crippen molar-refractivity contribution in [2.45, 2.75) is 50.0 Å². The first-order chi connectivity index (χ1) is 17.5. The van der Waals surface area contributed by atoms with E-state index < -0.39 is 29.6 Å². The number of rotatable bonds is 9. The molecule has 2 aromatic carbocycles. The number of carbonyl (C=O) groups excluding carboxylic acids is 3. The first-order valence-electron chi connectivity index (χ1n) is 12.4. The number of aliphatic hydroxyl groups is 1. The Hall–Kier alpha value is -2.94. The molecule has 3 heterocycles. The van der Waals surface area contributed by atoms with Gasteiger partial charge in [-0.15, -0.1) is 0 Å². The van der Waals surface area contributed by atoms with Gasteiger partial charge in [0.1, 0.15) is 11.6 Å². The monoisotopic (exact) mass is 511 g/mol. The van der Waals surface area contributed by atoms with E-state index in [9.17, 15) is 19.5 Å². The smallest absolute Gasteiger partial charge is 0.250 e. The molecule has 3 aliphatic rings. The van der Waals surface area contributed by atoms with E-state index in [4.69, 9.17) is 16.3 Å². The van der Waals surface area contributed by atoms with Crippen molar-refractivity contribution in [3.05, 3.63) is 65.2 Å². The lowest BCUT2D eigenvalue weighted by Crippen LogP contribution is -2.53. The van der Waals surface area contributed by atoms with Crippen LogP contribution in [0.1, 0.15) is 31.2 Å². The third kappa shape index (κ3) is 4.27. The lowest BCUT2D eigenvalue weighted by atomic mass is 9.70. The number of nitrogens with one attached hydrogen (secondary N) is 2. The number of ether oxygens (including phenoxy) is 1. The molecular formula is C27H30ClN3O5. The highest BCUT2D eigenvalue weighted by molar-refractivity contribution is 6.33. The van der Waals surface area contributed by atoms with Gasteiger partial charge in [0.25, 0.3) is 0 Å². The second-order valence-electron chi connectivity index (χ2n) is 9.69. The first kappa shape index (κ1) is 24.7. The van der Waals surface area contributed by atoms with Crippen LogP contribution < -0.4 is 10.6 Å². The molecule has 2 bridgehead atoms. The fourth-order valence-electron chi connectivity index (χ4n) is 6.05. The van der Waals surface area contributed by atoms with Crippen molar-refractivity contribution < 1.29 is 24.2 Å².